The molecule has 0 unspecified atom stereocenters. The van der Waals surface area contributed by atoms with Crippen LogP contribution in [0.25, 0.3) is 11.5 Å². The first-order valence-electron chi connectivity index (χ1n) is 10.1. The molecule has 0 spiro atoms. The van der Waals surface area contributed by atoms with Crippen LogP contribution in [0, 0.1) is 0 Å². The molecule has 0 radical (unpaired) electrons. The van der Waals surface area contributed by atoms with Crippen LogP contribution >= 0.6 is 0 Å². The summed E-state index contributed by atoms with van der Waals surface area (Å²) in [5.74, 6) is 0.185. The zero-order chi connectivity index (χ0) is 19.8. The highest BCUT2D eigenvalue weighted by Gasteiger charge is 2.12. The molecule has 0 aliphatic rings. The van der Waals surface area contributed by atoms with Crippen molar-refractivity contribution in [3.05, 3.63) is 65.4 Å². The summed E-state index contributed by atoms with van der Waals surface area (Å²) in [5.41, 5.74) is 4.61. The maximum Gasteiger partial charge on any atom is 0.312 e. The lowest BCUT2D eigenvalue weighted by molar-refractivity contribution is 0.337. The molecule has 0 saturated carbocycles. The molecule has 28 heavy (non-hydrogen) atoms. The van der Waals surface area contributed by atoms with E-state index in [2.05, 4.69) is 48.1 Å². The first kappa shape index (κ1) is 19.9. The number of unbranched alkanes of at least 4 members (excludes halogenated alkanes) is 2. The number of rotatable bonds is 9. The van der Waals surface area contributed by atoms with E-state index in [-0.39, 0.29) is 5.95 Å². The van der Waals surface area contributed by atoms with Gasteiger partial charge >= 0.3 is 5.95 Å². The molecule has 0 atom stereocenters. The molecule has 3 aromatic rings. The maximum absolute atomic E-state index is 10.1. The highest BCUT2D eigenvalue weighted by molar-refractivity contribution is 5.82. The average Bonchev–Trinajstić information content (AvgIpc) is 3.11. The Morgan fingerprint density at radius 3 is 2.04 bits per heavy atom. The lowest BCUT2D eigenvalue weighted by Crippen LogP contribution is -1.86. The van der Waals surface area contributed by atoms with E-state index < -0.39 is 0 Å². The van der Waals surface area contributed by atoms with Crippen molar-refractivity contribution < 1.29 is 9.52 Å². The molecular weight excluding hydrogens is 348 g/mol. The summed E-state index contributed by atoms with van der Waals surface area (Å²) in [7, 11) is 0. The Morgan fingerprint density at radius 2 is 1.46 bits per heavy atom. The molecule has 0 bridgehead atoms. The van der Waals surface area contributed by atoms with E-state index in [1.807, 2.05) is 24.3 Å². The fraction of sp³-hybridized carbons (Fsp3) is 0.333. The van der Waals surface area contributed by atoms with Crippen LogP contribution < -0.4 is 0 Å². The number of aromatic hydroxyl groups is 1. The summed E-state index contributed by atoms with van der Waals surface area (Å²) in [4.78, 5) is 8.79. The van der Waals surface area contributed by atoms with Gasteiger partial charge in [0.25, 0.3) is 0 Å². The third-order valence-corrected chi connectivity index (χ3v) is 4.75. The van der Waals surface area contributed by atoms with Crippen LogP contribution in [-0.4, -0.2) is 16.3 Å². The minimum absolute atomic E-state index is 0.214. The molecule has 0 amide bonds. The van der Waals surface area contributed by atoms with E-state index in [9.17, 15) is 5.11 Å². The fourth-order valence-corrected chi connectivity index (χ4v) is 2.99. The van der Waals surface area contributed by atoms with Gasteiger partial charge in [0.05, 0.1) is 11.9 Å². The highest BCUT2D eigenvalue weighted by atomic mass is 16.5. The Bertz CT molecular complexity index is 893. The van der Waals surface area contributed by atoms with Gasteiger partial charge in [0.15, 0.2) is 5.69 Å². The number of aromatic nitrogens is 1. The van der Waals surface area contributed by atoms with Gasteiger partial charge in [0.2, 0.25) is 5.89 Å². The number of oxazole rings is 1. The molecule has 4 heteroatoms. The maximum atomic E-state index is 10.1. The van der Waals surface area contributed by atoms with Crippen molar-refractivity contribution in [1.29, 1.82) is 0 Å². The van der Waals surface area contributed by atoms with Crippen molar-refractivity contribution in [3.8, 4) is 17.4 Å². The number of aryl methyl sites for hydroxylation is 2. The number of aliphatic imine (C=N–C) groups is 1. The molecule has 3 rings (SSSR count). The predicted octanol–water partition coefficient (Wildman–Crippen LogP) is 6.48. The lowest BCUT2D eigenvalue weighted by Gasteiger charge is -2.00. The van der Waals surface area contributed by atoms with Gasteiger partial charge in [-0.25, -0.2) is 4.98 Å². The van der Waals surface area contributed by atoms with E-state index in [0.717, 1.165) is 24.1 Å². The molecule has 0 fully saturated rings. The molecule has 1 heterocycles. The predicted molar refractivity (Wildman–Crippen MR) is 115 cm³/mol. The molecule has 4 nitrogen and oxygen atoms in total. The minimum atomic E-state index is -0.214. The van der Waals surface area contributed by atoms with Gasteiger partial charge in [0, 0.05) is 5.56 Å². The first-order chi connectivity index (χ1) is 13.7. The van der Waals surface area contributed by atoms with Crippen LogP contribution in [0.15, 0.2) is 57.9 Å². The van der Waals surface area contributed by atoms with E-state index in [1.54, 1.807) is 6.21 Å². The monoisotopic (exact) mass is 376 g/mol. The van der Waals surface area contributed by atoms with Crippen LogP contribution in [-0.2, 0) is 12.8 Å². The van der Waals surface area contributed by atoms with Gasteiger partial charge < -0.3 is 9.52 Å². The van der Waals surface area contributed by atoms with Crippen molar-refractivity contribution in [1.82, 2.24) is 4.98 Å². The van der Waals surface area contributed by atoms with Gasteiger partial charge in [-0.3, -0.25) is 4.99 Å². The third-order valence-electron chi connectivity index (χ3n) is 4.75. The largest absolute Gasteiger partial charge is 0.479 e. The van der Waals surface area contributed by atoms with E-state index in [4.69, 9.17) is 4.42 Å². The highest BCUT2D eigenvalue weighted by Crippen LogP contribution is 2.26. The standard InChI is InChI=1S/C24H28N2O2/c1-3-5-7-18-9-13-20(14-10-18)23-26-22(24(27)28-23)17-25-21-15-11-19(12-16-21)8-6-4-2/h9-17,27H,3-8H2,1-2H3. The van der Waals surface area contributed by atoms with Crippen LogP contribution in [0.2, 0.25) is 0 Å². The molecular formula is C24H28N2O2. The van der Waals surface area contributed by atoms with E-state index >= 15 is 0 Å². The van der Waals surface area contributed by atoms with Crippen LogP contribution in [0.4, 0.5) is 5.69 Å². The number of hydrogen-bond donors (Lipinski definition) is 1. The Labute approximate surface area is 167 Å². The van der Waals surface area contributed by atoms with Crippen molar-refractivity contribution in [2.24, 2.45) is 4.99 Å². The molecule has 0 saturated heterocycles. The number of nitrogens with zero attached hydrogens (tertiary/aromatic N) is 2. The SMILES string of the molecule is CCCCc1ccc(N=Cc2nc(-c3ccc(CCCC)cc3)oc2O)cc1. The van der Waals surface area contributed by atoms with Gasteiger partial charge in [-0.15, -0.1) is 0 Å². The topological polar surface area (TPSA) is 58.6 Å². The molecule has 1 aromatic heterocycles. The summed E-state index contributed by atoms with van der Waals surface area (Å²) >= 11 is 0. The lowest BCUT2D eigenvalue weighted by atomic mass is 10.1. The van der Waals surface area contributed by atoms with Gasteiger partial charge in [-0.05, 0) is 61.1 Å². The zero-order valence-corrected chi connectivity index (χ0v) is 16.7. The van der Waals surface area contributed by atoms with Crippen molar-refractivity contribution in [3.63, 3.8) is 0 Å². The van der Waals surface area contributed by atoms with Crippen LogP contribution in [0.5, 0.6) is 5.95 Å². The second-order valence-corrected chi connectivity index (χ2v) is 7.04. The second kappa shape index (κ2) is 9.88. The molecule has 146 valence electrons. The van der Waals surface area contributed by atoms with Crippen molar-refractivity contribution in [2.75, 3.05) is 0 Å². The molecule has 2 aromatic carbocycles. The van der Waals surface area contributed by atoms with Gasteiger partial charge in [-0.2, -0.15) is 0 Å². The number of hydrogen-bond acceptors (Lipinski definition) is 4. The Balaban J connectivity index is 1.69. The zero-order valence-electron chi connectivity index (χ0n) is 16.7. The smallest absolute Gasteiger partial charge is 0.312 e. The average molecular weight is 377 g/mol. The molecule has 0 aliphatic heterocycles. The third kappa shape index (κ3) is 5.32. The second-order valence-electron chi connectivity index (χ2n) is 7.04. The summed E-state index contributed by atoms with van der Waals surface area (Å²) in [6.45, 7) is 4.38. The molecule has 0 aliphatic carbocycles. The van der Waals surface area contributed by atoms with Crippen LogP contribution in [0.3, 0.4) is 0 Å². The van der Waals surface area contributed by atoms with Gasteiger partial charge in [0.1, 0.15) is 0 Å². The summed E-state index contributed by atoms with van der Waals surface area (Å²) in [6.07, 6.45) is 8.44. The Hall–Kier alpha value is -2.88. The normalized spacial score (nSPS) is 11.4. The van der Waals surface area contributed by atoms with E-state index in [1.165, 1.54) is 36.8 Å². The van der Waals surface area contributed by atoms with Crippen molar-refractivity contribution >= 4 is 11.9 Å². The summed E-state index contributed by atoms with van der Waals surface area (Å²) in [6, 6.07) is 16.3. The quantitative estimate of drug-likeness (QED) is 0.435. The molecule has 1 N–H and O–H groups in total. The van der Waals surface area contributed by atoms with E-state index in [0.29, 0.717) is 11.6 Å². The van der Waals surface area contributed by atoms with Crippen molar-refractivity contribution in [2.45, 2.75) is 52.4 Å². The Morgan fingerprint density at radius 1 is 0.893 bits per heavy atom. The number of benzene rings is 2. The Kier molecular flexibility index (Phi) is 7.01. The minimum Gasteiger partial charge on any atom is -0.479 e. The van der Waals surface area contributed by atoms with Gasteiger partial charge in [-0.1, -0.05) is 51.0 Å². The van der Waals surface area contributed by atoms with Crippen LogP contribution in [0.1, 0.15) is 56.4 Å². The summed E-state index contributed by atoms with van der Waals surface area (Å²) < 4.78 is 5.43. The fourth-order valence-electron chi connectivity index (χ4n) is 2.99. The first-order valence-corrected chi connectivity index (χ1v) is 10.1. The summed E-state index contributed by atoms with van der Waals surface area (Å²) in [5, 5.41) is 10.1.